The van der Waals surface area contributed by atoms with Crippen LogP contribution in [0.25, 0.3) is 0 Å². The molecule has 0 spiro atoms. The highest BCUT2D eigenvalue weighted by Crippen LogP contribution is 2.15. The van der Waals surface area contributed by atoms with E-state index in [2.05, 4.69) is 54.6 Å². The van der Waals surface area contributed by atoms with Gasteiger partial charge >= 0.3 is 0 Å². The van der Waals surface area contributed by atoms with Crippen molar-refractivity contribution < 1.29 is 0 Å². The van der Waals surface area contributed by atoms with Crippen LogP contribution < -0.4 is 5.73 Å². The van der Waals surface area contributed by atoms with Crippen LogP contribution in [-0.2, 0) is 6.42 Å². The van der Waals surface area contributed by atoms with Crippen LogP contribution >= 0.6 is 0 Å². The van der Waals surface area contributed by atoms with Gasteiger partial charge < -0.3 is 10.6 Å². The molecule has 2 N–H and O–H groups in total. The maximum atomic E-state index is 6.24. The number of hydrogen-bond donors (Lipinski definition) is 1. The van der Waals surface area contributed by atoms with Crippen LogP contribution in [0.3, 0.4) is 0 Å². The summed E-state index contributed by atoms with van der Waals surface area (Å²) in [5, 5.41) is 4.68. The van der Waals surface area contributed by atoms with E-state index in [-0.39, 0.29) is 6.04 Å². The van der Waals surface area contributed by atoms with Crippen LogP contribution in [0.2, 0.25) is 0 Å². The summed E-state index contributed by atoms with van der Waals surface area (Å²) >= 11 is 0. The predicted molar refractivity (Wildman–Crippen MR) is 85.9 cm³/mol. The van der Waals surface area contributed by atoms with Crippen LogP contribution in [0.4, 0.5) is 0 Å². The molecule has 20 heavy (non-hydrogen) atoms. The molecule has 116 valence electrons. The van der Waals surface area contributed by atoms with E-state index in [1.54, 1.807) is 0 Å². The van der Waals surface area contributed by atoms with Gasteiger partial charge in [-0.25, -0.2) is 0 Å². The smallest absolute Gasteiger partial charge is 0.0640 e. The van der Waals surface area contributed by atoms with Crippen molar-refractivity contribution in [3.8, 4) is 0 Å². The summed E-state index contributed by atoms with van der Waals surface area (Å²) < 4.78 is 2.10. The minimum Gasteiger partial charge on any atom is -0.327 e. The van der Waals surface area contributed by atoms with Gasteiger partial charge in [-0.05, 0) is 45.0 Å². The molecule has 1 unspecified atom stereocenters. The molecule has 0 fully saturated rings. The summed E-state index contributed by atoms with van der Waals surface area (Å²) in [4.78, 5) is 2.42. The lowest BCUT2D eigenvalue weighted by Crippen LogP contribution is -2.31. The van der Waals surface area contributed by atoms with Gasteiger partial charge in [0.1, 0.15) is 0 Å². The highest BCUT2D eigenvalue weighted by atomic mass is 15.3. The molecule has 0 aliphatic carbocycles. The van der Waals surface area contributed by atoms with Crippen molar-refractivity contribution >= 4 is 0 Å². The monoisotopic (exact) mass is 280 g/mol. The van der Waals surface area contributed by atoms with E-state index in [4.69, 9.17) is 5.73 Å². The third-order valence-electron chi connectivity index (χ3n) is 4.16. The van der Waals surface area contributed by atoms with Crippen molar-refractivity contribution in [2.75, 3.05) is 19.6 Å². The van der Waals surface area contributed by atoms with Crippen molar-refractivity contribution in [1.29, 1.82) is 0 Å². The number of hydrogen-bond acceptors (Lipinski definition) is 3. The van der Waals surface area contributed by atoms with Crippen molar-refractivity contribution in [3.05, 3.63) is 18.0 Å². The first-order valence-corrected chi connectivity index (χ1v) is 8.16. The standard InChI is InChI=1S/C16H32N4/c1-5-16(6-2)20-12-10-15(18-20)13-14(17)9-11-19(7-3)8-4/h10,12,14,16H,5-9,11,13,17H2,1-4H3. The fraction of sp³-hybridized carbons (Fsp3) is 0.812. The Morgan fingerprint density at radius 2 is 1.85 bits per heavy atom. The van der Waals surface area contributed by atoms with Crippen molar-refractivity contribution in [1.82, 2.24) is 14.7 Å². The molecule has 1 atom stereocenters. The van der Waals surface area contributed by atoms with Gasteiger partial charge in [0.25, 0.3) is 0 Å². The summed E-state index contributed by atoms with van der Waals surface area (Å²) in [6.45, 7) is 12.1. The Morgan fingerprint density at radius 3 is 2.40 bits per heavy atom. The maximum absolute atomic E-state index is 6.24. The van der Waals surface area contributed by atoms with Gasteiger partial charge in [0.2, 0.25) is 0 Å². The summed E-state index contributed by atoms with van der Waals surface area (Å²) in [6.07, 6.45) is 6.29. The fourth-order valence-corrected chi connectivity index (χ4v) is 2.61. The second-order valence-electron chi connectivity index (χ2n) is 5.54. The molecular weight excluding hydrogens is 248 g/mol. The van der Waals surface area contributed by atoms with Crippen LogP contribution in [0.1, 0.15) is 58.7 Å². The Balaban J connectivity index is 2.44. The number of nitrogens with two attached hydrogens (primary N) is 1. The lowest BCUT2D eigenvalue weighted by atomic mass is 10.1. The molecule has 1 rings (SSSR count). The minimum atomic E-state index is 0.209. The zero-order valence-electron chi connectivity index (χ0n) is 13.7. The van der Waals surface area contributed by atoms with Gasteiger partial charge in [-0.1, -0.05) is 27.7 Å². The van der Waals surface area contributed by atoms with E-state index in [0.29, 0.717) is 6.04 Å². The lowest BCUT2D eigenvalue weighted by Gasteiger charge is -2.20. The first kappa shape index (κ1) is 17.2. The SMILES string of the molecule is CCC(CC)n1ccc(CC(N)CCN(CC)CC)n1. The molecule has 0 aliphatic heterocycles. The van der Waals surface area contributed by atoms with Gasteiger partial charge in [0.05, 0.1) is 11.7 Å². The van der Waals surface area contributed by atoms with Gasteiger partial charge in [0.15, 0.2) is 0 Å². The summed E-state index contributed by atoms with van der Waals surface area (Å²) in [5.74, 6) is 0. The normalized spacial score (nSPS) is 13.3. The molecule has 0 bridgehead atoms. The molecule has 0 amide bonds. The van der Waals surface area contributed by atoms with Crippen molar-refractivity contribution in [2.45, 2.75) is 65.5 Å². The van der Waals surface area contributed by atoms with Crippen LogP contribution in [0.15, 0.2) is 12.3 Å². The molecule has 0 radical (unpaired) electrons. The molecule has 4 heteroatoms. The highest BCUT2D eigenvalue weighted by molar-refractivity contribution is 5.02. The highest BCUT2D eigenvalue weighted by Gasteiger charge is 2.11. The van der Waals surface area contributed by atoms with E-state index in [1.807, 2.05) is 0 Å². The van der Waals surface area contributed by atoms with Gasteiger partial charge in [0, 0.05) is 18.7 Å². The molecule has 0 aliphatic rings. The quantitative estimate of drug-likeness (QED) is 0.717. The minimum absolute atomic E-state index is 0.209. The van der Waals surface area contributed by atoms with Crippen molar-refractivity contribution in [3.63, 3.8) is 0 Å². The third-order valence-corrected chi connectivity index (χ3v) is 4.16. The first-order chi connectivity index (χ1) is 9.64. The third kappa shape index (κ3) is 5.25. The Kier molecular flexibility index (Phi) is 7.85. The Morgan fingerprint density at radius 1 is 1.20 bits per heavy atom. The Labute approximate surface area is 124 Å². The second kappa shape index (κ2) is 9.14. The number of nitrogens with zero attached hydrogens (tertiary/aromatic N) is 3. The van der Waals surface area contributed by atoms with Gasteiger partial charge in [-0.3, -0.25) is 4.68 Å². The predicted octanol–water partition coefficient (Wildman–Crippen LogP) is 2.85. The number of aromatic nitrogens is 2. The molecular formula is C16H32N4. The van der Waals surface area contributed by atoms with Crippen LogP contribution in [0, 0.1) is 0 Å². The van der Waals surface area contributed by atoms with Gasteiger partial charge in [-0.2, -0.15) is 5.10 Å². The largest absolute Gasteiger partial charge is 0.327 e. The molecule has 1 aromatic rings. The van der Waals surface area contributed by atoms with Crippen LogP contribution in [0.5, 0.6) is 0 Å². The van der Waals surface area contributed by atoms with Crippen LogP contribution in [-0.4, -0.2) is 40.4 Å². The number of rotatable bonds is 10. The van der Waals surface area contributed by atoms with E-state index >= 15 is 0 Å². The fourth-order valence-electron chi connectivity index (χ4n) is 2.61. The zero-order chi connectivity index (χ0) is 15.0. The van der Waals surface area contributed by atoms with E-state index in [1.165, 1.54) is 0 Å². The second-order valence-corrected chi connectivity index (χ2v) is 5.54. The molecule has 0 saturated heterocycles. The molecule has 1 aromatic heterocycles. The summed E-state index contributed by atoms with van der Waals surface area (Å²) in [5.41, 5.74) is 7.37. The molecule has 1 heterocycles. The molecule has 0 aromatic carbocycles. The average molecular weight is 280 g/mol. The molecule has 0 saturated carbocycles. The summed E-state index contributed by atoms with van der Waals surface area (Å²) in [6, 6.07) is 2.85. The van der Waals surface area contributed by atoms with E-state index < -0.39 is 0 Å². The lowest BCUT2D eigenvalue weighted by molar-refractivity contribution is 0.289. The zero-order valence-corrected chi connectivity index (χ0v) is 13.7. The van der Waals surface area contributed by atoms with Crippen molar-refractivity contribution in [2.24, 2.45) is 5.73 Å². The summed E-state index contributed by atoms with van der Waals surface area (Å²) in [7, 11) is 0. The van der Waals surface area contributed by atoms with E-state index in [0.717, 1.165) is 51.0 Å². The first-order valence-electron chi connectivity index (χ1n) is 8.16. The molecule has 4 nitrogen and oxygen atoms in total. The average Bonchev–Trinajstić information content (AvgIpc) is 2.89. The topological polar surface area (TPSA) is 47.1 Å². The maximum Gasteiger partial charge on any atom is 0.0640 e. The Hall–Kier alpha value is -0.870. The van der Waals surface area contributed by atoms with Gasteiger partial charge in [-0.15, -0.1) is 0 Å². The Bertz CT molecular complexity index is 353. The van der Waals surface area contributed by atoms with E-state index in [9.17, 15) is 0 Å².